The van der Waals surface area contributed by atoms with Crippen LogP contribution >= 0.6 is 11.3 Å². The molecule has 0 atom stereocenters. The van der Waals surface area contributed by atoms with Crippen molar-refractivity contribution in [3.05, 3.63) is 28.9 Å². The van der Waals surface area contributed by atoms with Crippen LogP contribution in [-0.2, 0) is 4.79 Å². The van der Waals surface area contributed by atoms with Crippen molar-refractivity contribution in [3.63, 3.8) is 0 Å². The minimum absolute atomic E-state index is 0.0544. The molecule has 1 saturated carbocycles. The van der Waals surface area contributed by atoms with E-state index < -0.39 is 0 Å². The number of amidine groups is 1. The lowest BCUT2D eigenvalue weighted by Gasteiger charge is -2.23. The highest BCUT2D eigenvalue weighted by molar-refractivity contribution is 7.15. The van der Waals surface area contributed by atoms with E-state index in [1.807, 2.05) is 18.2 Å². The van der Waals surface area contributed by atoms with E-state index in [1.54, 1.807) is 0 Å². The van der Waals surface area contributed by atoms with Gasteiger partial charge in [0.15, 0.2) is 0 Å². The predicted molar refractivity (Wildman–Crippen MR) is 81.4 cm³/mol. The van der Waals surface area contributed by atoms with Crippen molar-refractivity contribution in [2.45, 2.75) is 25.2 Å². The van der Waals surface area contributed by atoms with E-state index in [9.17, 15) is 4.79 Å². The molecule has 0 unspecified atom stereocenters. The molecule has 7 heteroatoms. The molecule has 0 radical (unpaired) electrons. The minimum atomic E-state index is -0.0544. The Kier molecular flexibility index (Phi) is 3.07. The molecule has 1 fully saturated rings. The predicted octanol–water partition coefficient (Wildman–Crippen LogP) is 1.91. The van der Waals surface area contributed by atoms with Gasteiger partial charge in [-0.15, -0.1) is 10.2 Å². The van der Waals surface area contributed by atoms with Crippen molar-refractivity contribution in [2.75, 3.05) is 18.4 Å². The average molecular weight is 301 g/mol. The number of aliphatic imine (C=N–C) groups is 1. The number of carbonyl (C=O) groups excluding carboxylic acids is 1. The number of rotatable bonds is 4. The minimum Gasteiger partial charge on any atom is -0.328 e. The second-order valence-corrected chi connectivity index (χ2v) is 6.36. The third-order valence-corrected chi connectivity index (χ3v) is 4.71. The summed E-state index contributed by atoms with van der Waals surface area (Å²) in [6.07, 6.45) is 8.61. The van der Waals surface area contributed by atoms with Gasteiger partial charge in [-0.1, -0.05) is 17.4 Å². The van der Waals surface area contributed by atoms with Crippen molar-refractivity contribution >= 4 is 28.2 Å². The van der Waals surface area contributed by atoms with Crippen LogP contribution in [0.3, 0.4) is 0 Å². The van der Waals surface area contributed by atoms with Crippen LogP contribution in [-0.4, -0.2) is 39.9 Å². The Hall–Kier alpha value is -2.02. The fourth-order valence-corrected chi connectivity index (χ4v) is 3.42. The number of fused-ring (bicyclic) bond motifs is 1. The first kappa shape index (κ1) is 12.7. The molecule has 21 heavy (non-hydrogen) atoms. The number of anilines is 1. The summed E-state index contributed by atoms with van der Waals surface area (Å²) in [5.74, 6) is 1.47. The fraction of sp³-hybridized carbons (Fsp3) is 0.429. The van der Waals surface area contributed by atoms with Gasteiger partial charge in [0.25, 0.3) is 0 Å². The Labute approximate surface area is 126 Å². The van der Waals surface area contributed by atoms with Crippen LogP contribution in [0.15, 0.2) is 28.9 Å². The number of allylic oxidation sites excluding steroid dienone is 2. The second-order valence-electron chi connectivity index (χ2n) is 5.35. The Morgan fingerprint density at radius 1 is 1.43 bits per heavy atom. The number of carbonyl (C=O) groups is 1. The molecule has 2 aliphatic heterocycles. The maximum Gasteiger partial charge on any atom is 0.232 e. The largest absolute Gasteiger partial charge is 0.328 e. The SMILES string of the molecule is O=C(CC1=CC=CC2=NCCN12)Nc1nnc(C2CC2)s1. The number of hydrogen-bond acceptors (Lipinski definition) is 6. The van der Waals surface area contributed by atoms with Gasteiger partial charge in [-0.3, -0.25) is 9.79 Å². The van der Waals surface area contributed by atoms with Gasteiger partial charge < -0.3 is 10.2 Å². The zero-order valence-electron chi connectivity index (χ0n) is 11.5. The van der Waals surface area contributed by atoms with Crippen LogP contribution in [0.1, 0.15) is 30.2 Å². The summed E-state index contributed by atoms with van der Waals surface area (Å²) in [5.41, 5.74) is 0.984. The third-order valence-electron chi connectivity index (χ3n) is 3.71. The lowest BCUT2D eigenvalue weighted by atomic mass is 10.2. The fourth-order valence-electron chi connectivity index (χ4n) is 2.50. The number of nitrogens with one attached hydrogen (secondary N) is 1. The Bertz CT molecular complexity index is 671. The van der Waals surface area contributed by atoms with Crippen molar-refractivity contribution < 1.29 is 4.79 Å². The van der Waals surface area contributed by atoms with Crippen molar-refractivity contribution in [1.82, 2.24) is 15.1 Å². The molecule has 6 nitrogen and oxygen atoms in total. The van der Waals surface area contributed by atoms with Gasteiger partial charge >= 0.3 is 0 Å². The molecule has 1 aliphatic carbocycles. The molecule has 4 rings (SSSR count). The standard InChI is InChI=1S/C14H15N5OS/c20-12(16-14-18-17-13(21-14)9-4-5-9)8-10-2-1-3-11-15-6-7-19(10)11/h1-3,9H,4-8H2,(H,16,18,20). The molecule has 0 saturated heterocycles. The molecular weight excluding hydrogens is 286 g/mol. The molecule has 1 amide bonds. The van der Waals surface area contributed by atoms with Crippen molar-refractivity contribution in [1.29, 1.82) is 0 Å². The van der Waals surface area contributed by atoms with Gasteiger partial charge in [-0.05, 0) is 25.0 Å². The molecule has 1 aromatic rings. The van der Waals surface area contributed by atoms with Crippen LogP contribution in [0.5, 0.6) is 0 Å². The monoisotopic (exact) mass is 301 g/mol. The average Bonchev–Trinajstić information content (AvgIpc) is 3.02. The summed E-state index contributed by atoms with van der Waals surface area (Å²) in [6, 6.07) is 0. The maximum atomic E-state index is 12.2. The Morgan fingerprint density at radius 3 is 3.19 bits per heavy atom. The lowest BCUT2D eigenvalue weighted by molar-refractivity contribution is -0.115. The van der Waals surface area contributed by atoms with E-state index in [0.717, 1.165) is 29.6 Å². The highest BCUT2D eigenvalue weighted by atomic mass is 32.1. The van der Waals surface area contributed by atoms with E-state index in [1.165, 1.54) is 24.2 Å². The number of amides is 1. The zero-order valence-corrected chi connectivity index (χ0v) is 12.3. The first-order valence-electron chi connectivity index (χ1n) is 7.12. The highest BCUT2D eigenvalue weighted by Gasteiger charge is 2.28. The van der Waals surface area contributed by atoms with E-state index in [4.69, 9.17) is 0 Å². The molecule has 0 bridgehead atoms. The van der Waals surface area contributed by atoms with Gasteiger partial charge in [0.2, 0.25) is 11.0 Å². The van der Waals surface area contributed by atoms with E-state index in [2.05, 4.69) is 25.4 Å². The van der Waals surface area contributed by atoms with Gasteiger partial charge in [-0.25, -0.2) is 0 Å². The van der Waals surface area contributed by atoms with E-state index in [-0.39, 0.29) is 5.91 Å². The molecule has 108 valence electrons. The molecule has 0 aromatic carbocycles. The first-order valence-corrected chi connectivity index (χ1v) is 7.94. The Morgan fingerprint density at radius 2 is 2.33 bits per heavy atom. The summed E-state index contributed by atoms with van der Waals surface area (Å²) < 4.78 is 0. The molecule has 1 N–H and O–H groups in total. The summed E-state index contributed by atoms with van der Waals surface area (Å²) in [4.78, 5) is 18.6. The molecule has 1 aromatic heterocycles. The van der Waals surface area contributed by atoms with Gasteiger partial charge in [0, 0.05) is 18.2 Å². The van der Waals surface area contributed by atoms with Crippen LogP contribution in [0, 0.1) is 0 Å². The van der Waals surface area contributed by atoms with Crippen LogP contribution in [0.2, 0.25) is 0 Å². The summed E-state index contributed by atoms with van der Waals surface area (Å²) >= 11 is 1.49. The van der Waals surface area contributed by atoms with Crippen LogP contribution in [0.4, 0.5) is 5.13 Å². The smallest absolute Gasteiger partial charge is 0.232 e. The molecule has 3 heterocycles. The van der Waals surface area contributed by atoms with Gasteiger partial charge in [0.1, 0.15) is 10.8 Å². The van der Waals surface area contributed by atoms with Crippen LogP contribution in [0.25, 0.3) is 0 Å². The first-order chi connectivity index (χ1) is 10.3. The Balaban J connectivity index is 1.40. The van der Waals surface area contributed by atoms with Gasteiger partial charge in [-0.2, -0.15) is 0 Å². The number of aromatic nitrogens is 2. The second kappa shape index (κ2) is 5.07. The molecular formula is C14H15N5OS. The van der Waals surface area contributed by atoms with Crippen LogP contribution < -0.4 is 5.32 Å². The van der Waals surface area contributed by atoms with Gasteiger partial charge in [0.05, 0.1) is 13.0 Å². The summed E-state index contributed by atoms with van der Waals surface area (Å²) in [5, 5.41) is 12.7. The normalized spacial score (nSPS) is 20.1. The molecule has 3 aliphatic rings. The lowest BCUT2D eigenvalue weighted by Crippen LogP contribution is -2.29. The maximum absolute atomic E-state index is 12.2. The number of nitrogens with zero attached hydrogens (tertiary/aromatic N) is 4. The topological polar surface area (TPSA) is 70.5 Å². The number of hydrogen-bond donors (Lipinski definition) is 1. The van der Waals surface area contributed by atoms with E-state index >= 15 is 0 Å². The zero-order chi connectivity index (χ0) is 14.2. The van der Waals surface area contributed by atoms with Crippen molar-refractivity contribution in [2.24, 2.45) is 4.99 Å². The van der Waals surface area contributed by atoms with Crippen molar-refractivity contribution in [3.8, 4) is 0 Å². The van der Waals surface area contributed by atoms with E-state index in [0.29, 0.717) is 17.5 Å². The quantitative estimate of drug-likeness (QED) is 0.922. The third kappa shape index (κ3) is 2.61. The molecule has 0 spiro atoms. The highest BCUT2D eigenvalue weighted by Crippen LogP contribution is 2.42. The summed E-state index contributed by atoms with van der Waals surface area (Å²) in [6.45, 7) is 1.64. The summed E-state index contributed by atoms with van der Waals surface area (Å²) in [7, 11) is 0.